The predicted molar refractivity (Wildman–Crippen MR) is 117 cm³/mol. The van der Waals surface area contributed by atoms with Gasteiger partial charge >= 0.3 is 0 Å². The standard InChI is InChI=1S/C21H20N4OS2/c1-13-4-9-17-18(12-13)28-20(24-17)15-5-7-16(8-6-15)23-19(26)14(2)27-21-22-10-11-25(21)3/h4-12,14H,1-3H3,(H,23,26). The van der Waals surface area contributed by atoms with Crippen LogP contribution in [-0.4, -0.2) is 25.7 Å². The molecule has 0 aliphatic heterocycles. The fraction of sp³-hybridized carbons (Fsp3) is 0.190. The largest absolute Gasteiger partial charge is 0.329 e. The topological polar surface area (TPSA) is 59.8 Å². The SMILES string of the molecule is Cc1ccc2nc(-c3ccc(NC(=O)C(C)Sc4nccn4C)cc3)sc2c1. The second-order valence-corrected chi connectivity index (χ2v) is 8.98. The van der Waals surface area contributed by atoms with Gasteiger partial charge in [0, 0.05) is 30.7 Å². The first-order chi connectivity index (χ1) is 13.5. The molecule has 28 heavy (non-hydrogen) atoms. The van der Waals surface area contributed by atoms with Gasteiger partial charge in [0.05, 0.1) is 15.5 Å². The van der Waals surface area contributed by atoms with Crippen LogP contribution in [0.1, 0.15) is 12.5 Å². The van der Waals surface area contributed by atoms with Crippen molar-refractivity contribution in [3.63, 3.8) is 0 Å². The second kappa shape index (κ2) is 7.77. The summed E-state index contributed by atoms with van der Waals surface area (Å²) in [6.45, 7) is 3.97. The molecule has 7 heteroatoms. The number of carbonyl (C=O) groups is 1. The molecule has 1 unspecified atom stereocenters. The minimum atomic E-state index is -0.242. The summed E-state index contributed by atoms with van der Waals surface area (Å²) in [5, 5.41) is 4.54. The summed E-state index contributed by atoms with van der Waals surface area (Å²) in [5.74, 6) is -0.0452. The lowest BCUT2D eigenvalue weighted by molar-refractivity contribution is -0.115. The van der Waals surface area contributed by atoms with E-state index in [2.05, 4.69) is 35.4 Å². The third-order valence-electron chi connectivity index (χ3n) is 4.37. The van der Waals surface area contributed by atoms with E-state index in [0.29, 0.717) is 0 Å². The maximum absolute atomic E-state index is 12.5. The Morgan fingerprint density at radius 2 is 2.00 bits per heavy atom. The number of benzene rings is 2. The average molecular weight is 409 g/mol. The van der Waals surface area contributed by atoms with Crippen LogP contribution >= 0.6 is 23.1 Å². The first-order valence-corrected chi connectivity index (χ1v) is 10.6. The fourth-order valence-electron chi connectivity index (χ4n) is 2.77. The number of nitrogens with zero attached hydrogens (tertiary/aromatic N) is 3. The molecule has 0 saturated carbocycles. The van der Waals surface area contributed by atoms with Crippen molar-refractivity contribution in [3.8, 4) is 10.6 Å². The second-order valence-electron chi connectivity index (χ2n) is 6.64. The Bertz CT molecular complexity index is 1130. The van der Waals surface area contributed by atoms with Crippen molar-refractivity contribution in [1.29, 1.82) is 0 Å². The summed E-state index contributed by atoms with van der Waals surface area (Å²) >= 11 is 3.12. The van der Waals surface area contributed by atoms with Gasteiger partial charge in [-0.2, -0.15) is 0 Å². The Morgan fingerprint density at radius 1 is 1.21 bits per heavy atom. The fourth-order valence-corrected chi connectivity index (χ4v) is 4.67. The Morgan fingerprint density at radius 3 is 2.71 bits per heavy atom. The number of aromatic nitrogens is 3. The van der Waals surface area contributed by atoms with Crippen molar-refractivity contribution in [2.75, 3.05) is 5.32 Å². The van der Waals surface area contributed by atoms with Gasteiger partial charge in [0.25, 0.3) is 0 Å². The van der Waals surface area contributed by atoms with E-state index in [-0.39, 0.29) is 11.2 Å². The smallest absolute Gasteiger partial charge is 0.237 e. The number of carbonyl (C=O) groups excluding carboxylic acids is 1. The zero-order valence-corrected chi connectivity index (χ0v) is 17.5. The number of thioether (sulfide) groups is 1. The minimum Gasteiger partial charge on any atom is -0.329 e. The van der Waals surface area contributed by atoms with Gasteiger partial charge in [-0.3, -0.25) is 4.79 Å². The van der Waals surface area contributed by atoms with Gasteiger partial charge in [-0.25, -0.2) is 9.97 Å². The molecular weight excluding hydrogens is 388 g/mol. The first kappa shape index (κ1) is 18.7. The van der Waals surface area contributed by atoms with Crippen LogP contribution in [0.3, 0.4) is 0 Å². The Kier molecular flexibility index (Phi) is 5.19. The molecule has 0 saturated heterocycles. The lowest BCUT2D eigenvalue weighted by Gasteiger charge is -2.12. The van der Waals surface area contributed by atoms with E-state index in [1.54, 1.807) is 17.5 Å². The number of hydrogen-bond donors (Lipinski definition) is 1. The zero-order valence-electron chi connectivity index (χ0n) is 15.8. The van der Waals surface area contributed by atoms with Gasteiger partial charge in [0.15, 0.2) is 5.16 Å². The van der Waals surface area contributed by atoms with E-state index in [1.165, 1.54) is 22.0 Å². The zero-order chi connectivity index (χ0) is 19.7. The summed E-state index contributed by atoms with van der Waals surface area (Å²) in [6, 6.07) is 14.1. The van der Waals surface area contributed by atoms with Crippen molar-refractivity contribution in [2.45, 2.75) is 24.3 Å². The third kappa shape index (κ3) is 3.95. The number of aryl methyl sites for hydroxylation is 2. The Balaban J connectivity index is 1.45. The number of nitrogens with one attached hydrogen (secondary N) is 1. The highest BCUT2D eigenvalue weighted by atomic mass is 32.2. The molecular formula is C21H20N4OS2. The number of rotatable bonds is 5. The van der Waals surface area contributed by atoms with E-state index >= 15 is 0 Å². The molecule has 0 bridgehead atoms. The van der Waals surface area contributed by atoms with Crippen molar-refractivity contribution >= 4 is 44.9 Å². The highest BCUT2D eigenvalue weighted by Crippen LogP contribution is 2.31. The molecule has 4 aromatic rings. The normalized spacial score (nSPS) is 12.2. The summed E-state index contributed by atoms with van der Waals surface area (Å²) in [6.07, 6.45) is 3.60. The number of amides is 1. The summed E-state index contributed by atoms with van der Waals surface area (Å²) in [7, 11) is 1.92. The van der Waals surface area contributed by atoms with E-state index in [9.17, 15) is 4.79 Å². The van der Waals surface area contributed by atoms with Gasteiger partial charge in [0.1, 0.15) is 5.01 Å². The first-order valence-electron chi connectivity index (χ1n) is 8.92. The number of thiazole rings is 1. The lowest BCUT2D eigenvalue weighted by atomic mass is 10.2. The number of fused-ring (bicyclic) bond motifs is 1. The lowest BCUT2D eigenvalue weighted by Crippen LogP contribution is -2.22. The van der Waals surface area contributed by atoms with Gasteiger partial charge in [-0.1, -0.05) is 17.8 Å². The van der Waals surface area contributed by atoms with Crippen LogP contribution in [-0.2, 0) is 11.8 Å². The molecule has 0 fully saturated rings. The molecule has 2 heterocycles. The Hall–Kier alpha value is -2.64. The molecule has 0 spiro atoms. The maximum Gasteiger partial charge on any atom is 0.237 e. The molecule has 1 atom stereocenters. The average Bonchev–Trinajstić information content (AvgIpc) is 3.28. The number of imidazole rings is 1. The molecule has 142 valence electrons. The van der Waals surface area contributed by atoms with E-state index in [4.69, 9.17) is 4.98 Å². The van der Waals surface area contributed by atoms with Crippen molar-refractivity contribution in [1.82, 2.24) is 14.5 Å². The van der Waals surface area contributed by atoms with Gasteiger partial charge in [-0.15, -0.1) is 11.3 Å². The summed E-state index contributed by atoms with van der Waals surface area (Å²) in [4.78, 5) is 21.4. The van der Waals surface area contributed by atoms with Gasteiger partial charge in [-0.05, 0) is 55.8 Å². The highest BCUT2D eigenvalue weighted by molar-refractivity contribution is 8.00. The van der Waals surface area contributed by atoms with Crippen molar-refractivity contribution in [3.05, 3.63) is 60.4 Å². The molecule has 2 aromatic carbocycles. The van der Waals surface area contributed by atoms with Crippen LogP contribution < -0.4 is 5.32 Å². The van der Waals surface area contributed by atoms with Gasteiger partial charge < -0.3 is 9.88 Å². The number of anilines is 1. The van der Waals surface area contributed by atoms with Crippen molar-refractivity contribution in [2.24, 2.45) is 7.05 Å². The van der Waals surface area contributed by atoms with E-state index < -0.39 is 0 Å². The molecule has 5 nitrogen and oxygen atoms in total. The molecule has 0 radical (unpaired) electrons. The molecule has 0 aliphatic carbocycles. The molecule has 0 aliphatic rings. The molecule has 2 aromatic heterocycles. The minimum absolute atomic E-state index is 0.0452. The quantitative estimate of drug-likeness (QED) is 0.465. The monoisotopic (exact) mass is 408 g/mol. The van der Waals surface area contributed by atoms with Crippen LogP contribution in [0.15, 0.2) is 60.0 Å². The van der Waals surface area contributed by atoms with Crippen LogP contribution in [0.4, 0.5) is 5.69 Å². The van der Waals surface area contributed by atoms with Crippen molar-refractivity contribution < 1.29 is 4.79 Å². The van der Waals surface area contributed by atoms with E-state index in [0.717, 1.165) is 26.9 Å². The summed E-state index contributed by atoms with van der Waals surface area (Å²) < 4.78 is 3.09. The predicted octanol–water partition coefficient (Wildman–Crippen LogP) is 5.12. The maximum atomic E-state index is 12.5. The van der Waals surface area contributed by atoms with E-state index in [1.807, 2.05) is 49.0 Å². The van der Waals surface area contributed by atoms with Gasteiger partial charge in [0.2, 0.25) is 5.91 Å². The van der Waals surface area contributed by atoms with Crippen LogP contribution in [0.2, 0.25) is 0 Å². The van der Waals surface area contributed by atoms with Crippen LogP contribution in [0.5, 0.6) is 0 Å². The number of hydrogen-bond acceptors (Lipinski definition) is 5. The highest BCUT2D eigenvalue weighted by Gasteiger charge is 2.17. The van der Waals surface area contributed by atoms with Crippen LogP contribution in [0, 0.1) is 6.92 Å². The van der Waals surface area contributed by atoms with Crippen LogP contribution in [0.25, 0.3) is 20.8 Å². The Labute approximate surface area is 171 Å². The molecule has 1 N–H and O–H groups in total. The molecule has 1 amide bonds. The molecule has 4 rings (SSSR count). The summed E-state index contributed by atoms with van der Waals surface area (Å²) in [5.41, 5.74) is 4.08. The third-order valence-corrected chi connectivity index (χ3v) is 6.61.